The number of carbonyl (C=O) groups excluding carboxylic acids is 1. The van der Waals surface area contributed by atoms with E-state index in [9.17, 15) is 9.59 Å². The molecule has 2 amide bonds. The third-order valence-corrected chi connectivity index (χ3v) is 4.41. The second kappa shape index (κ2) is 8.23. The van der Waals surface area contributed by atoms with Crippen molar-refractivity contribution in [3.05, 3.63) is 29.8 Å². The van der Waals surface area contributed by atoms with Crippen LogP contribution in [-0.4, -0.2) is 29.4 Å². The predicted octanol–water partition coefficient (Wildman–Crippen LogP) is 4.58. The molecule has 3 N–H and O–H groups in total. The lowest BCUT2D eigenvalue weighted by atomic mass is 9.78. The largest absolute Gasteiger partial charge is 0.465 e. The summed E-state index contributed by atoms with van der Waals surface area (Å²) in [6.45, 7) is 6.22. The molecule has 1 fully saturated rings. The number of benzene rings is 1. The fourth-order valence-electron chi connectivity index (χ4n) is 3.20. The van der Waals surface area contributed by atoms with Crippen LogP contribution in [-0.2, 0) is 4.74 Å². The molecule has 0 aliphatic heterocycles. The van der Waals surface area contributed by atoms with Crippen LogP contribution in [0.1, 0.15) is 57.9 Å². The van der Waals surface area contributed by atoms with E-state index in [1.165, 1.54) is 5.56 Å². The lowest BCUT2D eigenvalue weighted by Crippen LogP contribution is -2.36. The first-order valence-corrected chi connectivity index (χ1v) is 8.79. The molecular weight excluding hydrogens is 320 g/mol. The zero-order chi connectivity index (χ0) is 18.4. The summed E-state index contributed by atoms with van der Waals surface area (Å²) in [5, 5.41) is 13.9. The topological polar surface area (TPSA) is 87.7 Å². The molecule has 1 aliphatic carbocycles. The second-order valence-electron chi connectivity index (χ2n) is 7.65. The van der Waals surface area contributed by atoms with Crippen LogP contribution in [0.4, 0.5) is 15.3 Å². The van der Waals surface area contributed by atoms with Crippen LogP contribution >= 0.6 is 0 Å². The Morgan fingerprint density at radius 1 is 1.12 bits per heavy atom. The second-order valence-corrected chi connectivity index (χ2v) is 7.65. The van der Waals surface area contributed by atoms with Gasteiger partial charge in [0.25, 0.3) is 0 Å². The number of alkyl carbamates (subject to hydrolysis) is 1. The molecule has 0 heterocycles. The van der Waals surface area contributed by atoms with Gasteiger partial charge in [0.2, 0.25) is 0 Å². The highest BCUT2D eigenvalue weighted by Crippen LogP contribution is 2.35. The lowest BCUT2D eigenvalue weighted by Gasteiger charge is -2.29. The Labute approximate surface area is 149 Å². The van der Waals surface area contributed by atoms with Gasteiger partial charge in [-0.1, -0.05) is 12.1 Å². The lowest BCUT2D eigenvalue weighted by molar-refractivity contribution is 0.0514. The summed E-state index contributed by atoms with van der Waals surface area (Å²) in [5.74, 6) is 0.980. The van der Waals surface area contributed by atoms with Crippen molar-refractivity contribution < 1.29 is 19.4 Å². The molecule has 0 aromatic heterocycles. The van der Waals surface area contributed by atoms with Crippen LogP contribution in [0.25, 0.3) is 0 Å². The number of rotatable bonds is 4. The van der Waals surface area contributed by atoms with Crippen LogP contribution in [0.3, 0.4) is 0 Å². The van der Waals surface area contributed by atoms with Gasteiger partial charge in [-0.25, -0.2) is 9.59 Å². The minimum atomic E-state index is -1.05. The van der Waals surface area contributed by atoms with Crippen molar-refractivity contribution in [2.24, 2.45) is 5.92 Å². The molecule has 1 saturated carbocycles. The third kappa shape index (κ3) is 6.64. The number of ether oxygens (including phenoxy) is 1. The molecule has 0 spiro atoms. The summed E-state index contributed by atoms with van der Waals surface area (Å²) in [6.07, 6.45) is 2.88. The maximum absolute atomic E-state index is 11.7. The SMILES string of the molecule is CC(C)(C)OC(=O)NCC1CCC(c2ccc(NC(=O)O)cc2)CC1. The van der Waals surface area contributed by atoms with Crippen LogP contribution in [0.5, 0.6) is 0 Å². The van der Waals surface area contributed by atoms with Crippen LogP contribution in [0.2, 0.25) is 0 Å². The molecule has 25 heavy (non-hydrogen) atoms. The van der Waals surface area contributed by atoms with E-state index >= 15 is 0 Å². The first-order chi connectivity index (χ1) is 11.7. The molecule has 2 rings (SSSR count). The minimum absolute atomic E-state index is 0.351. The van der Waals surface area contributed by atoms with Gasteiger partial charge < -0.3 is 15.2 Å². The van der Waals surface area contributed by atoms with E-state index < -0.39 is 11.7 Å². The van der Waals surface area contributed by atoms with Gasteiger partial charge in [-0.3, -0.25) is 5.32 Å². The number of carboxylic acid groups (broad SMARTS) is 1. The number of hydrogen-bond acceptors (Lipinski definition) is 3. The predicted molar refractivity (Wildman–Crippen MR) is 97.0 cm³/mol. The van der Waals surface area contributed by atoms with Crippen molar-refractivity contribution in [2.75, 3.05) is 11.9 Å². The summed E-state index contributed by atoms with van der Waals surface area (Å²) < 4.78 is 5.26. The first-order valence-electron chi connectivity index (χ1n) is 8.79. The number of anilines is 1. The summed E-state index contributed by atoms with van der Waals surface area (Å²) >= 11 is 0. The Kier molecular flexibility index (Phi) is 6.28. The third-order valence-electron chi connectivity index (χ3n) is 4.41. The van der Waals surface area contributed by atoms with Gasteiger partial charge in [0.15, 0.2) is 0 Å². The van der Waals surface area contributed by atoms with E-state index in [4.69, 9.17) is 9.84 Å². The minimum Gasteiger partial charge on any atom is -0.465 e. The van der Waals surface area contributed by atoms with Crippen LogP contribution in [0.15, 0.2) is 24.3 Å². The fraction of sp³-hybridized carbons (Fsp3) is 0.579. The van der Waals surface area contributed by atoms with Crippen LogP contribution in [0, 0.1) is 5.92 Å². The smallest absolute Gasteiger partial charge is 0.409 e. The van der Waals surface area contributed by atoms with E-state index in [2.05, 4.69) is 10.6 Å². The maximum Gasteiger partial charge on any atom is 0.409 e. The van der Waals surface area contributed by atoms with Crippen molar-refractivity contribution in [2.45, 2.75) is 58.0 Å². The summed E-state index contributed by atoms with van der Waals surface area (Å²) in [6, 6.07) is 7.60. The molecule has 138 valence electrons. The number of nitrogens with one attached hydrogen (secondary N) is 2. The molecule has 6 heteroatoms. The van der Waals surface area contributed by atoms with Crippen molar-refractivity contribution in [3.8, 4) is 0 Å². The standard InChI is InChI=1S/C19H28N2O4/c1-19(2,3)25-18(24)20-12-13-4-6-14(7-5-13)15-8-10-16(11-9-15)21-17(22)23/h8-11,13-14,21H,4-7,12H2,1-3H3,(H,20,24)(H,22,23). The molecule has 1 aromatic carbocycles. The molecule has 0 bridgehead atoms. The highest BCUT2D eigenvalue weighted by molar-refractivity contribution is 5.82. The van der Waals surface area contributed by atoms with Crippen LogP contribution < -0.4 is 10.6 Å². The average Bonchev–Trinajstić information content (AvgIpc) is 2.52. The van der Waals surface area contributed by atoms with Gasteiger partial charge in [0.05, 0.1) is 0 Å². The zero-order valence-electron chi connectivity index (χ0n) is 15.2. The summed E-state index contributed by atoms with van der Waals surface area (Å²) in [4.78, 5) is 22.3. The van der Waals surface area contributed by atoms with E-state index in [1.807, 2.05) is 32.9 Å². The number of hydrogen-bond donors (Lipinski definition) is 3. The number of carbonyl (C=O) groups is 2. The quantitative estimate of drug-likeness (QED) is 0.743. The molecule has 6 nitrogen and oxygen atoms in total. The van der Waals surface area contributed by atoms with Gasteiger partial charge in [-0.05, 0) is 76.0 Å². The molecule has 1 aliphatic rings. The molecular formula is C19H28N2O4. The van der Waals surface area contributed by atoms with Gasteiger partial charge in [-0.15, -0.1) is 0 Å². The maximum atomic E-state index is 11.7. The van der Waals surface area contributed by atoms with E-state index in [0.29, 0.717) is 24.1 Å². The van der Waals surface area contributed by atoms with Crippen molar-refractivity contribution in [1.82, 2.24) is 5.32 Å². The highest BCUT2D eigenvalue weighted by atomic mass is 16.6. The van der Waals surface area contributed by atoms with E-state index in [0.717, 1.165) is 25.7 Å². The van der Waals surface area contributed by atoms with Gasteiger partial charge in [-0.2, -0.15) is 0 Å². The highest BCUT2D eigenvalue weighted by Gasteiger charge is 2.23. The van der Waals surface area contributed by atoms with Gasteiger partial charge in [0.1, 0.15) is 5.60 Å². The first kappa shape index (κ1) is 19.1. The van der Waals surface area contributed by atoms with Gasteiger partial charge >= 0.3 is 12.2 Å². The Bertz CT molecular complexity index is 584. The molecule has 1 aromatic rings. The Balaban J connectivity index is 1.76. The summed E-state index contributed by atoms with van der Waals surface area (Å²) in [5.41, 5.74) is 1.37. The summed E-state index contributed by atoms with van der Waals surface area (Å²) in [7, 11) is 0. The average molecular weight is 348 g/mol. The normalized spacial score (nSPS) is 20.6. The zero-order valence-corrected chi connectivity index (χ0v) is 15.2. The molecule has 0 radical (unpaired) electrons. The van der Waals surface area contributed by atoms with Gasteiger partial charge in [0, 0.05) is 12.2 Å². The van der Waals surface area contributed by atoms with Crippen molar-refractivity contribution in [1.29, 1.82) is 0 Å². The number of amides is 2. The molecule has 0 atom stereocenters. The Morgan fingerprint density at radius 2 is 1.72 bits per heavy atom. The Hall–Kier alpha value is -2.24. The van der Waals surface area contributed by atoms with E-state index in [1.54, 1.807) is 12.1 Å². The monoisotopic (exact) mass is 348 g/mol. The molecule has 0 saturated heterocycles. The Morgan fingerprint density at radius 3 is 2.24 bits per heavy atom. The van der Waals surface area contributed by atoms with Crippen molar-refractivity contribution in [3.63, 3.8) is 0 Å². The molecule has 0 unspecified atom stereocenters. The van der Waals surface area contributed by atoms with E-state index in [-0.39, 0.29) is 6.09 Å². The fourth-order valence-corrected chi connectivity index (χ4v) is 3.20. The van der Waals surface area contributed by atoms with Crippen molar-refractivity contribution >= 4 is 17.9 Å².